The summed E-state index contributed by atoms with van der Waals surface area (Å²) in [4.78, 5) is 10.3. The molecule has 0 radical (unpaired) electrons. The van der Waals surface area contributed by atoms with Crippen LogP contribution in [0.2, 0.25) is 0 Å². The van der Waals surface area contributed by atoms with Crippen LogP contribution < -0.4 is 10.1 Å². The molecule has 0 bridgehead atoms. The minimum Gasteiger partial charge on any atom is -0.489 e. The Bertz CT molecular complexity index is 942. The number of halogens is 1. The van der Waals surface area contributed by atoms with Crippen LogP contribution in [0.15, 0.2) is 71.2 Å². The van der Waals surface area contributed by atoms with Gasteiger partial charge >= 0.3 is 0 Å². The van der Waals surface area contributed by atoms with Crippen molar-refractivity contribution in [1.29, 1.82) is 0 Å². The third-order valence-corrected chi connectivity index (χ3v) is 4.62. The summed E-state index contributed by atoms with van der Waals surface area (Å²) in [6.07, 6.45) is 0. The van der Waals surface area contributed by atoms with Crippen molar-refractivity contribution in [3.63, 3.8) is 0 Å². The van der Waals surface area contributed by atoms with Gasteiger partial charge in [0.1, 0.15) is 12.4 Å². The van der Waals surface area contributed by atoms with E-state index in [0.717, 1.165) is 27.0 Å². The Morgan fingerprint density at radius 1 is 1.04 bits per heavy atom. The zero-order valence-corrected chi connectivity index (χ0v) is 16.4. The average Bonchev–Trinajstić information content (AvgIpc) is 2.66. The first-order chi connectivity index (χ1) is 13.0. The van der Waals surface area contributed by atoms with Crippen LogP contribution in [0.5, 0.6) is 5.75 Å². The first kappa shape index (κ1) is 18.9. The lowest BCUT2D eigenvalue weighted by Gasteiger charge is -2.12. The number of nitro groups is 1. The van der Waals surface area contributed by atoms with E-state index in [9.17, 15) is 10.1 Å². The van der Waals surface area contributed by atoms with Crippen molar-refractivity contribution in [2.24, 2.45) is 0 Å². The molecular weight excluding hydrogens is 408 g/mol. The number of nitrogens with one attached hydrogen (secondary N) is 1. The van der Waals surface area contributed by atoms with E-state index in [1.807, 2.05) is 36.4 Å². The van der Waals surface area contributed by atoms with Crippen LogP contribution in [-0.2, 0) is 13.2 Å². The van der Waals surface area contributed by atoms with E-state index in [0.29, 0.717) is 13.2 Å². The zero-order chi connectivity index (χ0) is 19.2. The Morgan fingerprint density at radius 2 is 1.81 bits per heavy atom. The second-order valence-electron chi connectivity index (χ2n) is 6.17. The molecule has 27 heavy (non-hydrogen) atoms. The largest absolute Gasteiger partial charge is 0.489 e. The lowest BCUT2D eigenvalue weighted by molar-refractivity contribution is -0.384. The Hall–Kier alpha value is -2.86. The molecule has 3 aromatic carbocycles. The second kappa shape index (κ2) is 8.68. The molecule has 0 saturated carbocycles. The van der Waals surface area contributed by atoms with E-state index >= 15 is 0 Å². The van der Waals surface area contributed by atoms with Gasteiger partial charge < -0.3 is 10.1 Å². The van der Waals surface area contributed by atoms with Gasteiger partial charge in [-0.25, -0.2) is 0 Å². The highest BCUT2D eigenvalue weighted by molar-refractivity contribution is 9.10. The van der Waals surface area contributed by atoms with E-state index in [4.69, 9.17) is 4.74 Å². The Labute approximate surface area is 166 Å². The van der Waals surface area contributed by atoms with Crippen LogP contribution in [-0.4, -0.2) is 4.92 Å². The summed E-state index contributed by atoms with van der Waals surface area (Å²) in [5, 5.41) is 14.1. The van der Waals surface area contributed by atoms with Gasteiger partial charge in [-0.15, -0.1) is 0 Å². The Kier molecular flexibility index (Phi) is 6.08. The molecule has 138 valence electrons. The standard InChI is InChI=1S/C21H19BrN2O3/c1-15-11-18(22)7-10-21(15)23-13-17-3-2-4-20(12-17)27-14-16-5-8-19(9-6-16)24(25)26/h2-12,23H,13-14H2,1H3. The van der Waals surface area contributed by atoms with E-state index in [1.54, 1.807) is 12.1 Å². The van der Waals surface area contributed by atoms with Crippen LogP contribution in [0.4, 0.5) is 11.4 Å². The molecule has 0 spiro atoms. The van der Waals surface area contributed by atoms with Gasteiger partial charge in [0.05, 0.1) is 4.92 Å². The van der Waals surface area contributed by atoms with Crippen molar-refractivity contribution >= 4 is 27.3 Å². The summed E-state index contributed by atoms with van der Waals surface area (Å²) < 4.78 is 6.88. The summed E-state index contributed by atoms with van der Waals surface area (Å²) in [6, 6.07) is 20.4. The molecule has 5 nitrogen and oxygen atoms in total. The minimum absolute atomic E-state index is 0.0788. The van der Waals surface area contributed by atoms with Crippen molar-refractivity contribution in [3.8, 4) is 5.75 Å². The van der Waals surface area contributed by atoms with E-state index in [-0.39, 0.29) is 5.69 Å². The second-order valence-corrected chi connectivity index (χ2v) is 7.09. The fraction of sp³-hybridized carbons (Fsp3) is 0.143. The van der Waals surface area contributed by atoms with Crippen molar-refractivity contribution in [3.05, 3.63) is 98.0 Å². The molecule has 0 fully saturated rings. The number of benzene rings is 3. The summed E-state index contributed by atoms with van der Waals surface area (Å²) in [5.41, 5.74) is 4.34. The highest BCUT2D eigenvalue weighted by Crippen LogP contribution is 2.22. The van der Waals surface area contributed by atoms with E-state index in [2.05, 4.69) is 34.2 Å². The molecular formula is C21H19BrN2O3. The zero-order valence-electron chi connectivity index (χ0n) is 14.8. The molecule has 0 atom stereocenters. The topological polar surface area (TPSA) is 64.4 Å². The quantitative estimate of drug-likeness (QED) is 0.379. The number of hydrogen-bond acceptors (Lipinski definition) is 4. The first-order valence-corrected chi connectivity index (χ1v) is 9.25. The molecule has 0 amide bonds. The van der Waals surface area contributed by atoms with Crippen molar-refractivity contribution in [2.75, 3.05) is 5.32 Å². The number of aryl methyl sites for hydroxylation is 1. The highest BCUT2D eigenvalue weighted by Gasteiger charge is 2.05. The maximum Gasteiger partial charge on any atom is 0.269 e. The third kappa shape index (κ3) is 5.31. The summed E-state index contributed by atoms with van der Waals surface area (Å²) in [7, 11) is 0. The highest BCUT2D eigenvalue weighted by atomic mass is 79.9. The van der Waals surface area contributed by atoms with Gasteiger partial charge in [-0.05, 0) is 66.1 Å². The van der Waals surface area contributed by atoms with Crippen LogP contribution in [0.1, 0.15) is 16.7 Å². The molecule has 0 aliphatic carbocycles. The third-order valence-electron chi connectivity index (χ3n) is 4.12. The number of ether oxygens (including phenoxy) is 1. The SMILES string of the molecule is Cc1cc(Br)ccc1NCc1cccc(OCc2ccc([N+](=O)[O-])cc2)c1. The predicted molar refractivity (Wildman–Crippen MR) is 110 cm³/mol. The number of anilines is 1. The first-order valence-electron chi connectivity index (χ1n) is 8.46. The molecule has 0 heterocycles. The monoisotopic (exact) mass is 426 g/mol. The van der Waals surface area contributed by atoms with Crippen molar-refractivity contribution < 1.29 is 9.66 Å². The van der Waals surface area contributed by atoms with Crippen LogP contribution in [0, 0.1) is 17.0 Å². The normalized spacial score (nSPS) is 10.4. The van der Waals surface area contributed by atoms with Gasteiger partial charge in [-0.2, -0.15) is 0 Å². The lowest BCUT2D eigenvalue weighted by atomic mass is 10.1. The van der Waals surface area contributed by atoms with Crippen LogP contribution in [0.3, 0.4) is 0 Å². The Balaban J connectivity index is 1.59. The summed E-state index contributed by atoms with van der Waals surface area (Å²) >= 11 is 3.47. The van der Waals surface area contributed by atoms with E-state index < -0.39 is 4.92 Å². The van der Waals surface area contributed by atoms with E-state index in [1.165, 1.54) is 17.7 Å². The summed E-state index contributed by atoms with van der Waals surface area (Å²) in [6.45, 7) is 3.12. The van der Waals surface area contributed by atoms with Gasteiger partial charge in [0.15, 0.2) is 0 Å². The fourth-order valence-electron chi connectivity index (χ4n) is 2.65. The number of non-ortho nitro benzene ring substituents is 1. The molecule has 1 N–H and O–H groups in total. The van der Waals surface area contributed by atoms with Crippen molar-refractivity contribution in [2.45, 2.75) is 20.1 Å². The number of rotatable bonds is 7. The predicted octanol–water partition coefficient (Wildman–Crippen LogP) is 5.86. The number of hydrogen-bond donors (Lipinski definition) is 1. The molecule has 3 aromatic rings. The molecule has 6 heteroatoms. The average molecular weight is 427 g/mol. The smallest absolute Gasteiger partial charge is 0.269 e. The van der Waals surface area contributed by atoms with Gasteiger partial charge in [0, 0.05) is 28.8 Å². The van der Waals surface area contributed by atoms with Gasteiger partial charge in [-0.1, -0.05) is 28.1 Å². The maximum absolute atomic E-state index is 10.7. The molecule has 3 rings (SSSR count). The number of nitrogens with zero attached hydrogens (tertiary/aromatic N) is 1. The fourth-order valence-corrected chi connectivity index (χ4v) is 3.12. The molecule has 0 unspecified atom stereocenters. The van der Waals surface area contributed by atoms with Crippen molar-refractivity contribution in [1.82, 2.24) is 0 Å². The molecule has 0 aliphatic rings. The van der Waals surface area contributed by atoms with Gasteiger partial charge in [-0.3, -0.25) is 10.1 Å². The Morgan fingerprint density at radius 3 is 2.52 bits per heavy atom. The lowest BCUT2D eigenvalue weighted by Crippen LogP contribution is -2.02. The minimum atomic E-state index is -0.408. The van der Waals surface area contributed by atoms with Gasteiger partial charge in [0.2, 0.25) is 0 Å². The molecule has 0 saturated heterocycles. The van der Waals surface area contributed by atoms with Crippen LogP contribution in [0.25, 0.3) is 0 Å². The maximum atomic E-state index is 10.7. The molecule has 0 aliphatic heterocycles. The molecule has 0 aromatic heterocycles. The van der Waals surface area contributed by atoms with Gasteiger partial charge in [0.25, 0.3) is 5.69 Å². The van der Waals surface area contributed by atoms with Crippen LogP contribution >= 0.6 is 15.9 Å². The summed E-state index contributed by atoms with van der Waals surface area (Å²) in [5.74, 6) is 0.764. The number of nitro benzene ring substituents is 1.